The molecule has 0 saturated carbocycles. The summed E-state index contributed by atoms with van der Waals surface area (Å²) in [5, 5.41) is 0. The minimum absolute atomic E-state index is 0.239. The molecule has 3 heteroatoms. The molecule has 2 nitrogen and oxygen atoms in total. The predicted octanol–water partition coefficient (Wildman–Crippen LogP) is 2.04. The van der Waals surface area contributed by atoms with Crippen LogP contribution in [0.25, 0.3) is 0 Å². The average molecular weight is 195 g/mol. The summed E-state index contributed by atoms with van der Waals surface area (Å²) in [6, 6.07) is 5.05. The van der Waals surface area contributed by atoms with Gasteiger partial charge in [0.05, 0.1) is 6.61 Å². The Morgan fingerprint density at radius 1 is 1.50 bits per heavy atom. The molecule has 2 N–H and O–H groups in total. The Kier molecular flexibility index (Phi) is 2.68. The molecule has 0 aromatic heterocycles. The first kappa shape index (κ1) is 9.46. The summed E-state index contributed by atoms with van der Waals surface area (Å²) in [4.78, 5) is 0. The van der Waals surface area contributed by atoms with E-state index in [1.165, 1.54) is 6.07 Å². The van der Waals surface area contributed by atoms with Gasteiger partial charge in [-0.2, -0.15) is 0 Å². The van der Waals surface area contributed by atoms with Crippen molar-refractivity contribution in [2.75, 3.05) is 13.2 Å². The molecule has 1 heterocycles. The van der Waals surface area contributed by atoms with Gasteiger partial charge in [-0.3, -0.25) is 0 Å². The van der Waals surface area contributed by atoms with Gasteiger partial charge in [-0.1, -0.05) is 12.1 Å². The maximum Gasteiger partial charge on any atom is 0.165 e. The Bertz CT molecular complexity index is 327. The zero-order valence-corrected chi connectivity index (χ0v) is 8.00. The molecule has 1 aliphatic heterocycles. The zero-order chi connectivity index (χ0) is 9.97. The standard InChI is InChI=1S/C11H14FNO/c12-10-5-1-4-9-8(7-13)3-2-6-14-11(9)10/h1,4-5,8H,2-3,6-7,13H2. The Labute approximate surface area is 82.9 Å². The predicted molar refractivity (Wildman–Crippen MR) is 52.9 cm³/mol. The van der Waals surface area contributed by atoms with E-state index in [9.17, 15) is 4.39 Å². The van der Waals surface area contributed by atoms with Gasteiger partial charge in [-0.25, -0.2) is 4.39 Å². The van der Waals surface area contributed by atoms with Crippen LogP contribution in [-0.2, 0) is 0 Å². The third-order valence-electron chi connectivity index (χ3n) is 2.67. The Hall–Kier alpha value is -1.09. The van der Waals surface area contributed by atoms with Crippen LogP contribution >= 0.6 is 0 Å². The van der Waals surface area contributed by atoms with Crippen LogP contribution in [0.2, 0.25) is 0 Å². The fraction of sp³-hybridized carbons (Fsp3) is 0.455. The highest BCUT2D eigenvalue weighted by molar-refractivity contribution is 5.38. The van der Waals surface area contributed by atoms with Crippen molar-refractivity contribution in [2.45, 2.75) is 18.8 Å². The lowest BCUT2D eigenvalue weighted by molar-refractivity contribution is 0.301. The van der Waals surface area contributed by atoms with Crippen molar-refractivity contribution in [1.29, 1.82) is 0 Å². The number of nitrogens with two attached hydrogens (primary N) is 1. The molecule has 76 valence electrons. The van der Waals surface area contributed by atoms with E-state index in [1.54, 1.807) is 6.07 Å². The van der Waals surface area contributed by atoms with Crippen molar-refractivity contribution in [3.63, 3.8) is 0 Å². The van der Waals surface area contributed by atoms with E-state index in [-0.39, 0.29) is 11.7 Å². The second kappa shape index (κ2) is 3.96. The monoisotopic (exact) mass is 195 g/mol. The quantitative estimate of drug-likeness (QED) is 0.744. The minimum atomic E-state index is -0.275. The van der Waals surface area contributed by atoms with Crippen molar-refractivity contribution in [3.05, 3.63) is 29.6 Å². The second-order valence-corrected chi connectivity index (χ2v) is 3.58. The van der Waals surface area contributed by atoms with E-state index in [0.29, 0.717) is 18.9 Å². The fourth-order valence-electron chi connectivity index (χ4n) is 1.90. The molecule has 0 bridgehead atoms. The normalized spacial score (nSPS) is 20.9. The van der Waals surface area contributed by atoms with Crippen molar-refractivity contribution in [3.8, 4) is 5.75 Å². The largest absolute Gasteiger partial charge is 0.490 e. The topological polar surface area (TPSA) is 35.2 Å². The Balaban J connectivity index is 2.44. The van der Waals surface area contributed by atoms with E-state index in [0.717, 1.165) is 18.4 Å². The van der Waals surface area contributed by atoms with Crippen molar-refractivity contribution >= 4 is 0 Å². The number of ether oxygens (including phenoxy) is 1. The van der Waals surface area contributed by atoms with E-state index in [2.05, 4.69) is 0 Å². The number of rotatable bonds is 1. The maximum absolute atomic E-state index is 13.4. The number of hydrogen-bond acceptors (Lipinski definition) is 2. The van der Waals surface area contributed by atoms with Crippen LogP contribution in [0.5, 0.6) is 5.75 Å². The summed E-state index contributed by atoms with van der Waals surface area (Å²) in [5.41, 5.74) is 6.58. The molecule has 0 radical (unpaired) electrons. The van der Waals surface area contributed by atoms with Crippen LogP contribution in [0.1, 0.15) is 24.3 Å². The Morgan fingerprint density at radius 2 is 2.36 bits per heavy atom. The van der Waals surface area contributed by atoms with Crippen LogP contribution in [0.15, 0.2) is 18.2 Å². The van der Waals surface area contributed by atoms with Crippen LogP contribution in [0.3, 0.4) is 0 Å². The Morgan fingerprint density at radius 3 is 3.14 bits per heavy atom. The lowest BCUT2D eigenvalue weighted by Gasteiger charge is -2.14. The molecule has 1 atom stereocenters. The summed E-state index contributed by atoms with van der Waals surface area (Å²) in [6.45, 7) is 1.14. The molecule has 1 unspecified atom stereocenters. The third-order valence-corrected chi connectivity index (χ3v) is 2.67. The van der Waals surface area contributed by atoms with Crippen LogP contribution in [-0.4, -0.2) is 13.2 Å². The van der Waals surface area contributed by atoms with Crippen molar-refractivity contribution < 1.29 is 9.13 Å². The van der Waals surface area contributed by atoms with Gasteiger partial charge in [0, 0.05) is 11.5 Å². The van der Waals surface area contributed by atoms with E-state index in [4.69, 9.17) is 10.5 Å². The molecule has 1 aromatic carbocycles. The lowest BCUT2D eigenvalue weighted by Crippen LogP contribution is -2.12. The number of halogens is 1. The highest BCUT2D eigenvalue weighted by atomic mass is 19.1. The van der Waals surface area contributed by atoms with Gasteiger partial charge in [-0.05, 0) is 25.5 Å². The molecule has 0 fully saturated rings. The second-order valence-electron chi connectivity index (χ2n) is 3.58. The van der Waals surface area contributed by atoms with Gasteiger partial charge in [-0.15, -0.1) is 0 Å². The summed E-state index contributed by atoms with van der Waals surface area (Å²) < 4.78 is 18.8. The first-order valence-electron chi connectivity index (χ1n) is 4.94. The third kappa shape index (κ3) is 1.60. The summed E-state index contributed by atoms with van der Waals surface area (Å²) in [5.74, 6) is 0.367. The van der Waals surface area contributed by atoms with Crippen LogP contribution < -0.4 is 10.5 Å². The van der Waals surface area contributed by atoms with Gasteiger partial charge in [0.25, 0.3) is 0 Å². The van der Waals surface area contributed by atoms with Gasteiger partial charge in [0.1, 0.15) is 0 Å². The molecule has 1 aromatic rings. The summed E-state index contributed by atoms with van der Waals surface area (Å²) in [7, 11) is 0. The van der Waals surface area contributed by atoms with Crippen molar-refractivity contribution in [1.82, 2.24) is 0 Å². The smallest absolute Gasteiger partial charge is 0.165 e. The number of benzene rings is 1. The highest BCUT2D eigenvalue weighted by Gasteiger charge is 2.20. The first-order chi connectivity index (χ1) is 6.83. The highest BCUT2D eigenvalue weighted by Crippen LogP contribution is 2.34. The van der Waals surface area contributed by atoms with Crippen LogP contribution in [0, 0.1) is 5.82 Å². The molecule has 0 spiro atoms. The van der Waals surface area contributed by atoms with Gasteiger partial charge in [0.2, 0.25) is 0 Å². The summed E-state index contributed by atoms with van der Waals surface area (Å²) >= 11 is 0. The zero-order valence-electron chi connectivity index (χ0n) is 8.00. The molecule has 0 aliphatic carbocycles. The van der Waals surface area contributed by atoms with Gasteiger partial charge >= 0.3 is 0 Å². The van der Waals surface area contributed by atoms with Gasteiger partial charge < -0.3 is 10.5 Å². The molecule has 0 saturated heterocycles. The van der Waals surface area contributed by atoms with Crippen LogP contribution in [0.4, 0.5) is 4.39 Å². The molecule has 2 rings (SSSR count). The van der Waals surface area contributed by atoms with E-state index < -0.39 is 0 Å². The van der Waals surface area contributed by atoms with Gasteiger partial charge in [0.15, 0.2) is 11.6 Å². The molecule has 14 heavy (non-hydrogen) atoms. The molecule has 1 aliphatic rings. The van der Waals surface area contributed by atoms with E-state index >= 15 is 0 Å². The van der Waals surface area contributed by atoms with Crippen molar-refractivity contribution in [2.24, 2.45) is 5.73 Å². The molecular weight excluding hydrogens is 181 g/mol. The number of para-hydroxylation sites is 1. The number of fused-ring (bicyclic) bond motifs is 1. The average Bonchev–Trinajstić information content (AvgIpc) is 2.40. The lowest BCUT2D eigenvalue weighted by atomic mass is 9.94. The maximum atomic E-state index is 13.4. The molecule has 0 amide bonds. The first-order valence-corrected chi connectivity index (χ1v) is 4.94. The van der Waals surface area contributed by atoms with E-state index in [1.807, 2.05) is 6.07 Å². The summed E-state index contributed by atoms with van der Waals surface area (Å²) in [6.07, 6.45) is 1.92. The minimum Gasteiger partial charge on any atom is -0.490 e. The SMILES string of the molecule is NCC1CCCOc2c(F)cccc21. The fourth-order valence-corrected chi connectivity index (χ4v) is 1.90. The molecular formula is C11H14FNO. The number of hydrogen-bond donors (Lipinski definition) is 1.